The third-order valence-corrected chi connectivity index (χ3v) is 4.47. The average molecular weight is 338 g/mol. The minimum Gasteiger partial charge on any atom is -0.313 e. The van der Waals surface area contributed by atoms with Crippen molar-refractivity contribution in [3.63, 3.8) is 0 Å². The standard InChI is InChI=1S/C16H20BrNS/c1-2-8-18-15(12-16-7-4-9-19-16)11-13-5-3-6-14(17)10-13/h3-7,9-10,15,18H,2,8,11-12H2,1H3. The van der Waals surface area contributed by atoms with Gasteiger partial charge < -0.3 is 5.32 Å². The summed E-state index contributed by atoms with van der Waals surface area (Å²) in [5.41, 5.74) is 1.39. The van der Waals surface area contributed by atoms with E-state index < -0.39 is 0 Å². The van der Waals surface area contributed by atoms with Crippen molar-refractivity contribution in [2.45, 2.75) is 32.2 Å². The molecule has 0 aliphatic carbocycles. The highest BCUT2D eigenvalue weighted by Crippen LogP contribution is 2.16. The summed E-state index contributed by atoms with van der Waals surface area (Å²) in [6, 6.07) is 13.5. The maximum Gasteiger partial charge on any atom is 0.0178 e. The molecule has 0 amide bonds. The minimum absolute atomic E-state index is 0.521. The molecule has 1 N–H and O–H groups in total. The Kier molecular flexibility index (Phi) is 6.08. The minimum atomic E-state index is 0.521. The Labute approximate surface area is 128 Å². The van der Waals surface area contributed by atoms with E-state index in [4.69, 9.17) is 0 Å². The van der Waals surface area contributed by atoms with Crippen LogP contribution in [0.1, 0.15) is 23.8 Å². The second kappa shape index (κ2) is 7.83. The Bertz CT molecular complexity index is 481. The van der Waals surface area contributed by atoms with E-state index >= 15 is 0 Å². The third-order valence-electron chi connectivity index (χ3n) is 3.08. The van der Waals surface area contributed by atoms with Crippen LogP contribution in [0.2, 0.25) is 0 Å². The van der Waals surface area contributed by atoms with Crippen molar-refractivity contribution in [2.24, 2.45) is 0 Å². The van der Waals surface area contributed by atoms with E-state index in [1.165, 1.54) is 16.9 Å². The van der Waals surface area contributed by atoms with E-state index in [9.17, 15) is 0 Å². The van der Waals surface area contributed by atoms with Gasteiger partial charge in [-0.05, 0) is 54.9 Å². The fourth-order valence-electron chi connectivity index (χ4n) is 2.19. The quantitative estimate of drug-likeness (QED) is 0.774. The molecule has 19 heavy (non-hydrogen) atoms. The first-order valence-corrected chi connectivity index (χ1v) is 8.45. The molecule has 0 radical (unpaired) electrons. The van der Waals surface area contributed by atoms with Crippen molar-refractivity contribution in [1.29, 1.82) is 0 Å². The molecule has 0 aliphatic heterocycles. The van der Waals surface area contributed by atoms with Gasteiger partial charge in [0, 0.05) is 15.4 Å². The average Bonchev–Trinajstić information content (AvgIpc) is 2.89. The van der Waals surface area contributed by atoms with Crippen molar-refractivity contribution in [3.8, 4) is 0 Å². The zero-order chi connectivity index (χ0) is 13.5. The molecule has 2 aromatic rings. The van der Waals surface area contributed by atoms with Crippen molar-refractivity contribution >= 4 is 27.3 Å². The molecule has 1 aromatic carbocycles. The summed E-state index contributed by atoms with van der Waals surface area (Å²) in [5.74, 6) is 0. The third kappa shape index (κ3) is 5.09. The predicted octanol–water partition coefficient (Wildman–Crippen LogP) is 4.66. The topological polar surface area (TPSA) is 12.0 Å². The maximum atomic E-state index is 3.67. The van der Waals surface area contributed by atoms with Gasteiger partial charge in [-0.25, -0.2) is 0 Å². The van der Waals surface area contributed by atoms with E-state index in [0.717, 1.165) is 23.9 Å². The van der Waals surface area contributed by atoms with Crippen LogP contribution in [0.25, 0.3) is 0 Å². The summed E-state index contributed by atoms with van der Waals surface area (Å²) in [6.07, 6.45) is 3.38. The lowest BCUT2D eigenvalue weighted by Gasteiger charge is -2.18. The van der Waals surface area contributed by atoms with Crippen LogP contribution in [0.3, 0.4) is 0 Å². The highest BCUT2D eigenvalue weighted by Gasteiger charge is 2.10. The molecule has 0 spiro atoms. The molecule has 3 heteroatoms. The van der Waals surface area contributed by atoms with Gasteiger partial charge in [0.1, 0.15) is 0 Å². The fraction of sp³-hybridized carbons (Fsp3) is 0.375. The molecule has 0 aliphatic rings. The summed E-state index contributed by atoms with van der Waals surface area (Å²) < 4.78 is 1.16. The maximum absolute atomic E-state index is 3.67. The molecule has 0 saturated heterocycles. The van der Waals surface area contributed by atoms with Crippen LogP contribution in [0.5, 0.6) is 0 Å². The van der Waals surface area contributed by atoms with Crippen LogP contribution in [-0.2, 0) is 12.8 Å². The molecule has 1 unspecified atom stereocenters. The molecule has 0 saturated carbocycles. The van der Waals surface area contributed by atoms with Gasteiger partial charge in [0.05, 0.1) is 0 Å². The Balaban J connectivity index is 2.00. The first-order chi connectivity index (χ1) is 9.28. The molecular weight excluding hydrogens is 318 g/mol. The van der Waals surface area contributed by atoms with Crippen molar-refractivity contribution in [2.75, 3.05) is 6.54 Å². The molecule has 102 valence electrons. The SMILES string of the molecule is CCCNC(Cc1cccc(Br)c1)Cc1cccs1. The monoisotopic (exact) mass is 337 g/mol. The van der Waals surface area contributed by atoms with E-state index in [1.807, 2.05) is 11.3 Å². The van der Waals surface area contributed by atoms with Gasteiger partial charge in [-0.15, -0.1) is 11.3 Å². The fourth-order valence-corrected chi connectivity index (χ4v) is 3.42. The summed E-state index contributed by atoms with van der Waals surface area (Å²) in [5, 5.41) is 5.83. The molecule has 1 aromatic heterocycles. The summed E-state index contributed by atoms with van der Waals surface area (Å²) in [4.78, 5) is 1.46. The van der Waals surface area contributed by atoms with Gasteiger partial charge in [0.2, 0.25) is 0 Å². The predicted molar refractivity (Wildman–Crippen MR) is 88.0 cm³/mol. The molecule has 1 nitrogen and oxygen atoms in total. The van der Waals surface area contributed by atoms with Crippen molar-refractivity contribution in [1.82, 2.24) is 5.32 Å². The van der Waals surface area contributed by atoms with Gasteiger partial charge in [0.25, 0.3) is 0 Å². The largest absolute Gasteiger partial charge is 0.313 e. The van der Waals surface area contributed by atoms with Gasteiger partial charge in [0.15, 0.2) is 0 Å². The number of hydrogen-bond donors (Lipinski definition) is 1. The number of thiophene rings is 1. The number of benzene rings is 1. The highest BCUT2D eigenvalue weighted by molar-refractivity contribution is 9.10. The lowest BCUT2D eigenvalue weighted by atomic mass is 10.0. The first kappa shape index (κ1) is 14.8. The van der Waals surface area contributed by atoms with Gasteiger partial charge >= 0.3 is 0 Å². The Hall–Kier alpha value is -0.640. The van der Waals surface area contributed by atoms with Gasteiger partial charge in [-0.1, -0.05) is 41.1 Å². The molecule has 0 fully saturated rings. The van der Waals surface area contributed by atoms with Crippen molar-refractivity contribution in [3.05, 3.63) is 56.7 Å². The molecule has 2 rings (SSSR count). The lowest BCUT2D eigenvalue weighted by molar-refractivity contribution is 0.507. The Morgan fingerprint density at radius 1 is 1.21 bits per heavy atom. The second-order valence-electron chi connectivity index (χ2n) is 4.77. The lowest BCUT2D eigenvalue weighted by Crippen LogP contribution is -2.33. The summed E-state index contributed by atoms with van der Waals surface area (Å²) in [7, 11) is 0. The number of nitrogens with one attached hydrogen (secondary N) is 1. The summed E-state index contributed by atoms with van der Waals surface area (Å²) in [6.45, 7) is 3.30. The van der Waals surface area contributed by atoms with Gasteiger partial charge in [-0.3, -0.25) is 0 Å². The van der Waals surface area contributed by atoms with Crippen LogP contribution in [-0.4, -0.2) is 12.6 Å². The van der Waals surface area contributed by atoms with E-state index in [-0.39, 0.29) is 0 Å². The molecule has 0 bridgehead atoms. The molecule has 1 atom stereocenters. The van der Waals surface area contributed by atoms with E-state index in [0.29, 0.717) is 6.04 Å². The second-order valence-corrected chi connectivity index (χ2v) is 6.72. The highest BCUT2D eigenvalue weighted by atomic mass is 79.9. The van der Waals surface area contributed by atoms with Crippen molar-refractivity contribution < 1.29 is 0 Å². The van der Waals surface area contributed by atoms with Crippen LogP contribution < -0.4 is 5.32 Å². The van der Waals surface area contributed by atoms with Crippen LogP contribution in [0.4, 0.5) is 0 Å². The number of rotatable bonds is 7. The number of halogens is 1. The molecular formula is C16H20BrNS. The smallest absolute Gasteiger partial charge is 0.0178 e. The Morgan fingerprint density at radius 3 is 2.79 bits per heavy atom. The van der Waals surface area contributed by atoms with Crippen LogP contribution >= 0.6 is 27.3 Å². The Morgan fingerprint density at radius 2 is 2.11 bits per heavy atom. The number of hydrogen-bond acceptors (Lipinski definition) is 2. The summed E-state index contributed by atoms with van der Waals surface area (Å²) >= 11 is 5.40. The van der Waals surface area contributed by atoms with Crippen LogP contribution in [0.15, 0.2) is 46.3 Å². The normalized spacial score (nSPS) is 12.5. The molecule has 1 heterocycles. The van der Waals surface area contributed by atoms with Crippen LogP contribution in [0, 0.1) is 0 Å². The van der Waals surface area contributed by atoms with Gasteiger partial charge in [-0.2, -0.15) is 0 Å². The zero-order valence-corrected chi connectivity index (χ0v) is 13.6. The zero-order valence-electron chi connectivity index (χ0n) is 11.2. The van der Waals surface area contributed by atoms with E-state index in [1.54, 1.807) is 0 Å². The van der Waals surface area contributed by atoms with E-state index in [2.05, 4.69) is 69.9 Å². The first-order valence-electron chi connectivity index (χ1n) is 6.78.